The van der Waals surface area contributed by atoms with Gasteiger partial charge in [0.15, 0.2) is 0 Å². The third kappa shape index (κ3) is 2.90. The van der Waals surface area contributed by atoms with E-state index in [1.165, 1.54) is 6.07 Å². The van der Waals surface area contributed by atoms with E-state index in [2.05, 4.69) is 11.8 Å². The van der Waals surface area contributed by atoms with Gasteiger partial charge in [-0.3, -0.25) is 0 Å². The van der Waals surface area contributed by atoms with Crippen LogP contribution in [0.4, 0.5) is 0 Å². The first-order valence-corrected chi connectivity index (χ1v) is 4.49. The van der Waals surface area contributed by atoms with Crippen molar-refractivity contribution in [1.29, 1.82) is 0 Å². The molecule has 2 N–H and O–H groups in total. The molecule has 1 heterocycles. The van der Waals surface area contributed by atoms with Gasteiger partial charge in [-0.25, -0.2) is 4.79 Å². The minimum atomic E-state index is -0.949. The number of carboxylic acid groups (broad SMARTS) is 1. The van der Waals surface area contributed by atoms with E-state index >= 15 is 0 Å². The lowest BCUT2D eigenvalue weighted by molar-refractivity contribution is 0.0702. The molecule has 0 aromatic carbocycles. The maximum Gasteiger partial charge on any atom is 0.345 e. The molecule has 0 unspecified atom stereocenters. The average Bonchev–Trinajstić information content (AvgIpc) is 2.48. The third-order valence-corrected chi connectivity index (χ3v) is 2.15. The summed E-state index contributed by atoms with van der Waals surface area (Å²) >= 11 is 1.13. The minimum absolute atomic E-state index is 0.259. The highest BCUT2D eigenvalue weighted by atomic mass is 32.1. The van der Waals surface area contributed by atoms with Crippen LogP contribution < -0.4 is 0 Å². The van der Waals surface area contributed by atoms with Gasteiger partial charge in [0.25, 0.3) is 0 Å². The Morgan fingerprint density at radius 2 is 2.38 bits per heavy atom. The zero-order valence-corrected chi connectivity index (χ0v) is 7.76. The van der Waals surface area contributed by atoms with Gasteiger partial charge in [0.1, 0.15) is 11.0 Å². The molecular formula is C9H8O3S. The summed E-state index contributed by atoms with van der Waals surface area (Å²) in [6.07, 6.45) is -0.687. The summed E-state index contributed by atoms with van der Waals surface area (Å²) in [7, 11) is 0. The molecule has 0 saturated carbocycles. The molecule has 4 heteroatoms. The maximum atomic E-state index is 10.5. The fourth-order valence-corrected chi connectivity index (χ4v) is 1.38. The number of carbonyl (C=O) groups is 1. The zero-order valence-electron chi connectivity index (χ0n) is 6.94. The van der Waals surface area contributed by atoms with Crippen molar-refractivity contribution in [3.05, 3.63) is 21.9 Å². The van der Waals surface area contributed by atoms with E-state index in [0.29, 0.717) is 5.56 Å². The van der Waals surface area contributed by atoms with Crippen molar-refractivity contribution in [1.82, 2.24) is 0 Å². The lowest BCUT2D eigenvalue weighted by Crippen LogP contribution is -1.92. The van der Waals surface area contributed by atoms with E-state index < -0.39 is 12.1 Å². The van der Waals surface area contributed by atoms with Gasteiger partial charge in [-0.2, -0.15) is 0 Å². The Morgan fingerprint density at radius 3 is 2.85 bits per heavy atom. The Bertz CT molecular complexity index is 368. The van der Waals surface area contributed by atoms with Crippen LogP contribution in [-0.2, 0) is 0 Å². The van der Waals surface area contributed by atoms with Gasteiger partial charge in [-0.05, 0) is 13.0 Å². The molecule has 0 fully saturated rings. The second-order valence-corrected chi connectivity index (χ2v) is 3.36. The quantitative estimate of drug-likeness (QED) is 0.663. The largest absolute Gasteiger partial charge is 0.477 e. The fourth-order valence-electron chi connectivity index (χ4n) is 0.702. The SMILES string of the molecule is C[C@H](O)C#Cc1csc(C(=O)O)c1. The molecule has 0 saturated heterocycles. The van der Waals surface area contributed by atoms with Crippen molar-refractivity contribution in [3.8, 4) is 11.8 Å². The lowest BCUT2D eigenvalue weighted by atomic mass is 10.3. The van der Waals surface area contributed by atoms with Crippen LogP contribution in [-0.4, -0.2) is 22.3 Å². The van der Waals surface area contributed by atoms with Gasteiger partial charge in [-0.1, -0.05) is 11.8 Å². The molecule has 0 aliphatic rings. The summed E-state index contributed by atoms with van der Waals surface area (Å²) in [6.45, 7) is 1.55. The highest BCUT2D eigenvalue weighted by Gasteiger charge is 2.04. The van der Waals surface area contributed by atoms with E-state index in [4.69, 9.17) is 10.2 Å². The summed E-state index contributed by atoms with van der Waals surface area (Å²) in [4.78, 5) is 10.7. The summed E-state index contributed by atoms with van der Waals surface area (Å²) in [5.74, 6) is 4.25. The first-order valence-electron chi connectivity index (χ1n) is 3.61. The zero-order chi connectivity index (χ0) is 9.84. The van der Waals surface area contributed by atoms with Crippen LogP contribution in [0.5, 0.6) is 0 Å². The Hall–Kier alpha value is -1.31. The normalized spacial score (nSPS) is 11.5. The Labute approximate surface area is 79.6 Å². The highest BCUT2D eigenvalue weighted by Crippen LogP contribution is 2.13. The van der Waals surface area contributed by atoms with E-state index in [1.807, 2.05) is 0 Å². The molecule has 0 amide bonds. The van der Waals surface area contributed by atoms with Crippen LogP contribution in [0.25, 0.3) is 0 Å². The van der Waals surface area contributed by atoms with Crippen LogP contribution in [0, 0.1) is 11.8 Å². The number of aliphatic hydroxyl groups excluding tert-OH is 1. The Morgan fingerprint density at radius 1 is 1.69 bits per heavy atom. The van der Waals surface area contributed by atoms with Crippen molar-refractivity contribution in [2.24, 2.45) is 0 Å². The van der Waals surface area contributed by atoms with Crippen molar-refractivity contribution in [2.45, 2.75) is 13.0 Å². The second kappa shape index (κ2) is 4.08. The number of carboxylic acids is 1. The number of aliphatic hydroxyl groups is 1. The molecule has 0 aliphatic heterocycles. The van der Waals surface area contributed by atoms with Crippen molar-refractivity contribution in [2.75, 3.05) is 0 Å². The van der Waals surface area contributed by atoms with Crippen molar-refractivity contribution in [3.63, 3.8) is 0 Å². The molecule has 0 spiro atoms. The first-order chi connectivity index (χ1) is 6.09. The fraction of sp³-hybridized carbons (Fsp3) is 0.222. The van der Waals surface area contributed by atoms with Crippen LogP contribution in [0.3, 0.4) is 0 Å². The molecule has 3 nitrogen and oxygen atoms in total. The molecule has 1 aromatic heterocycles. The predicted octanol–water partition coefficient (Wildman–Crippen LogP) is 1.18. The van der Waals surface area contributed by atoms with Crippen LogP contribution in [0.1, 0.15) is 22.2 Å². The van der Waals surface area contributed by atoms with Gasteiger partial charge in [0.05, 0.1) is 0 Å². The molecule has 0 radical (unpaired) electrons. The Balaban J connectivity index is 2.83. The van der Waals surface area contributed by atoms with E-state index in [9.17, 15) is 4.79 Å². The first kappa shape index (κ1) is 9.78. The van der Waals surface area contributed by atoms with Gasteiger partial charge in [0.2, 0.25) is 0 Å². The number of hydrogen-bond acceptors (Lipinski definition) is 3. The lowest BCUT2D eigenvalue weighted by Gasteiger charge is -1.85. The predicted molar refractivity (Wildman–Crippen MR) is 49.8 cm³/mol. The van der Waals surface area contributed by atoms with Crippen molar-refractivity contribution < 1.29 is 15.0 Å². The van der Waals surface area contributed by atoms with E-state index in [-0.39, 0.29) is 4.88 Å². The number of aromatic carboxylic acids is 1. The molecular weight excluding hydrogens is 188 g/mol. The van der Waals surface area contributed by atoms with E-state index in [1.54, 1.807) is 12.3 Å². The van der Waals surface area contributed by atoms with Gasteiger partial charge >= 0.3 is 5.97 Å². The third-order valence-electron chi connectivity index (χ3n) is 1.24. The highest BCUT2D eigenvalue weighted by molar-refractivity contribution is 7.12. The number of hydrogen-bond donors (Lipinski definition) is 2. The summed E-state index contributed by atoms with van der Waals surface area (Å²) in [5, 5.41) is 19.1. The average molecular weight is 196 g/mol. The smallest absolute Gasteiger partial charge is 0.345 e. The summed E-state index contributed by atoms with van der Waals surface area (Å²) < 4.78 is 0. The molecule has 1 rings (SSSR count). The summed E-state index contributed by atoms with van der Waals surface area (Å²) in [5.41, 5.74) is 0.628. The van der Waals surface area contributed by atoms with Gasteiger partial charge in [0, 0.05) is 10.9 Å². The van der Waals surface area contributed by atoms with Crippen molar-refractivity contribution >= 4 is 17.3 Å². The van der Waals surface area contributed by atoms with Crippen LogP contribution >= 0.6 is 11.3 Å². The summed E-state index contributed by atoms with van der Waals surface area (Å²) in [6, 6.07) is 1.49. The monoisotopic (exact) mass is 196 g/mol. The standard InChI is InChI=1S/C9H8O3S/c1-6(10)2-3-7-4-8(9(11)12)13-5-7/h4-6,10H,1H3,(H,11,12)/t6-/m0/s1. The Kier molecular flexibility index (Phi) is 3.07. The number of thiophene rings is 1. The second-order valence-electron chi connectivity index (χ2n) is 2.45. The molecule has 0 bridgehead atoms. The van der Waals surface area contributed by atoms with Crippen LogP contribution in [0.15, 0.2) is 11.4 Å². The number of rotatable bonds is 1. The van der Waals surface area contributed by atoms with Gasteiger partial charge in [-0.15, -0.1) is 11.3 Å². The molecule has 68 valence electrons. The van der Waals surface area contributed by atoms with E-state index in [0.717, 1.165) is 11.3 Å². The maximum absolute atomic E-state index is 10.5. The molecule has 13 heavy (non-hydrogen) atoms. The molecule has 1 atom stereocenters. The van der Waals surface area contributed by atoms with Crippen LogP contribution in [0.2, 0.25) is 0 Å². The van der Waals surface area contributed by atoms with Gasteiger partial charge < -0.3 is 10.2 Å². The molecule has 0 aliphatic carbocycles. The topological polar surface area (TPSA) is 57.5 Å². The minimum Gasteiger partial charge on any atom is -0.477 e. The molecule has 1 aromatic rings.